The van der Waals surface area contributed by atoms with Crippen molar-refractivity contribution >= 4 is 5.95 Å². The minimum absolute atomic E-state index is 0.179. The van der Waals surface area contributed by atoms with Crippen LogP contribution in [0.15, 0.2) is 0 Å². The van der Waals surface area contributed by atoms with Gasteiger partial charge in [0.05, 0.1) is 24.1 Å². The highest BCUT2D eigenvalue weighted by Gasteiger charge is 2.14. The lowest BCUT2D eigenvalue weighted by molar-refractivity contribution is 0.0371. The van der Waals surface area contributed by atoms with Gasteiger partial charge in [-0.05, 0) is 12.8 Å². The lowest BCUT2D eigenvalue weighted by Gasteiger charge is -2.23. The fourth-order valence-corrected chi connectivity index (χ4v) is 1.97. The molecule has 2 N–H and O–H groups in total. The van der Waals surface area contributed by atoms with Crippen LogP contribution in [0, 0.1) is 0 Å². The van der Waals surface area contributed by atoms with Crippen LogP contribution in [0.1, 0.15) is 25.2 Å². The highest BCUT2D eigenvalue weighted by atomic mass is 16.5. The molecule has 2 rings (SSSR count). The molecule has 100 valence electrons. The van der Waals surface area contributed by atoms with Crippen molar-refractivity contribution in [2.24, 2.45) is 0 Å². The molecule has 0 amide bonds. The van der Waals surface area contributed by atoms with Gasteiger partial charge in [-0.3, -0.25) is 0 Å². The molecule has 0 saturated carbocycles. The predicted molar refractivity (Wildman–Crippen MR) is 69.7 cm³/mol. The number of aryl methyl sites for hydroxylation is 2. The van der Waals surface area contributed by atoms with E-state index in [4.69, 9.17) is 4.74 Å². The summed E-state index contributed by atoms with van der Waals surface area (Å²) in [5, 5.41) is 14.8. The van der Waals surface area contributed by atoms with Crippen LogP contribution in [0.5, 0.6) is 0 Å². The van der Waals surface area contributed by atoms with Crippen molar-refractivity contribution in [1.82, 2.24) is 20.5 Å². The molecule has 1 aliphatic heterocycles. The molecule has 1 aliphatic rings. The molecule has 0 spiro atoms. The molecule has 6 heteroatoms. The molecule has 1 aromatic heterocycles. The second-order valence-electron chi connectivity index (χ2n) is 4.31. The Morgan fingerprint density at radius 3 is 2.78 bits per heavy atom. The van der Waals surface area contributed by atoms with Gasteiger partial charge >= 0.3 is 0 Å². The highest BCUT2D eigenvalue weighted by Crippen LogP contribution is 2.07. The molecule has 1 fully saturated rings. The second-order valence-corrected chi connectivity index (χ2v) is 4.31. The standard InChI is InChI=1S/C12H21N5O/c1-3-10-11(4-2)16-17-12(15-10)14-8-9-7-13-5-6-18-9/h9,13H,3-8H2,1-2H3,(H,14,15,17). The number of hydrogen-bond donors (Lipinski definition) is 2. The van der Waals surface area contributed by atoms with Crippen LogP contribution in [-0.2, 0) is 17.6 Å². The van der Waals surface area contributed by atoms with Crippen molar-refractivity contribution in [3.05, 3.63) is 11.4 Å². The van der Waals surface area contributed by atoms with Crippen LogP contribution in [0.4, 0.5) is 5.95 Å². The average molecular weight is 251 g/mol. The number of ether oxygens (including phenoxy) is 1. The topological polar surface area (TPSA) is 72.0 Å². The smallest absolute Gasteiger partial charge is 0.243 e. The first kappa shape index (κ1) is 13.2. The van der Waals surface area contributed by atoms with Gasteiger partial charge in [0, 0.05) is 19.6 Å². The lowest BCUT2D eigenvalue weighted by Crippen LogP contribution is -2.42. The minimum atomic E-state index is 0.179. The highest BCUT2D eigenvalue weighted by molar-refractivity contribution is 5.26. The van der Waals surface area contributed by atoms with E-state index >= 15 is 0 Å². The van der Waals surface area contributed by atoms with Gasteiger partial charge in [-0.1, -0.05) is 13.8 Å². The summed E-state index contributed by atoms with van der Waals surface area (Å²) in [6.07, 6.45) is 1.94. The SMILES string of the molecule is CCc1nnc(NCC2CNCCO2)nc1CC. The van der Waals surface area contributed by atoms with E-state index in [1.54, 1.807) is 0 Å². The van der Waals surface area contributed by atoms with Crippen LogP contribution in [-0.4, -0.2) is 47.5 Å². The molecule has 0 bridgehead atoms. The Kier molecular flexibility index (Phi) is 4.83. The predicted octanol–water partition coefficient (Wildman–Crippen LogP) is 0.397. The van der Waals surface area contributed by atoms with Gasteiger partial charge in [-0.15, -0.1) is 5.10 Å². The van der Waals surface area contributed by atoms with E-state index < -0.39 is 0 Å². The van der Waals surface area contributed by atoms with Crippen LogP contribution >= 0.6 is 0 Å². The molecule has 1 unspecified atom stereocenters. The van der Waals surface area contributed by atoms with Crippen molar-refractivity contribution in [2.45, 2.75) is 32.8 Å². The van der Waals surface area contributed by atoms with Crippen LogP contribution in [0.3, 0.4) is 0 Å². The fourth-order valence-electron chi connectivity index (χ4n) is 1.97. The minimum Gasteiger partial charge on any atom is -0.374 e. The number of nitrogens with zero attached hydrogens (tertiary/aromatic N) is 3. The molecule has 0 aliphatic carbocycles. The molecule has 0 radical (unpaired) electrons. The van der Waals surface area contributed by atoms with Gasteiger partial charge in [0.25, 0.3) is 0 Å². The Bertz CT molecular complexity index is 379. The fraction of sp³-hybridized carbons (Fsp3) is 0.750. The maximum absolute atomic E-state index is 5.60. The van der Waals surface area contributed by atoms with Crippen molar-refractivity contribution in [3.63, 3.8) is 0 Å². The summed E-state index contributed by atoms with van der Waals surface area (Å²) >= 11 is 0. The van der Waals surface area contributed by atoms with Gasteiger partial charge in [-0.25, -0.2) is 4.98 Å². The largest absolute Gasteiger partial charge is 0.374 e. The summed E-state index contributed by atoms with van der Waals surface area (Å²) in [5.74, 6) is 0.596. The van der Waals surface area contributed by atoms with Gasteiger partial charge in [0.15, 0.2) is 0 Å². The summed E-state index contributed by atoms with van der Waals surface area (Å²) in [7, 11) is 0. The van der Waals surface area contributed by atoms with E-state index in [0.29, 0.717) is 12.5 Å². The van der Waals surface area contributed by atoms with E-state index in [9.17, 15) is 0 Å². The van der Waals surface area contributed by atoms with Crippen LogP contribution in [0.2, 0.25) is 0 Å². The van der Waals surface area contributed by atoms with E-state index in [2.05, 4.69) is 39.7 Å². The first-order valence-corrected chi connectivity index (χ1v) is 6.62. The lowest BCUT2D eigenvalue weighted by atomic mass is 10.2. The average Bonchev–Trinajstić information content (AvgIpc) is 2.45. The van der Waals surface area contributed by atoms with E-state index in [-0.39, 0.29) is 6.10 Å². The monoisotopic (exact) mass is 251 g/mol. The molecule has 6 nitrogen and oxygen atoms in total. The van der Waals surface area contributed by atoms with Gasteiger partial charge in [0.2, 0.25) is 5.95 Å². The number of morpholine rings is 1. The summed E-state index contributed by atoms with van der Waals surface area (Å²) in [6, 6.07) is 0. The summed E-state index contributed by atoms with van der Waals surface area (Å²) in [5.41, 5.74) is 2.01. The number of nitrogens with one attached hydrogen (secondary N) is 2. The van der Waals surface area contributed by atoms with E-state index in [1.807, 2.05) is 0 Å². The molecule has 1 aromatic rings. The first-order valence-electron chi connectivity index (χ1n) is 6.62. The Morgan fingerprint density at radius 1 is 1.28 bits per heavy atom. The van der Waals surface area contributed by atoms with E-state index in [1.165, 1.54) is 0 Å². The molecule has 0 aromatic carbocycles. The van der Waals surface area contributed by atoms with Gasteiger partial charge in [-0.2, -0.15) is 5.10 Å². The third-order valence-corrected chi connectivity index (χ3v) is 3.00. The van der Waals surface area contributed by atoms with Crippen molar-refractivity contribution in [3.8, 4) is 0 Å². The first-order chi connectivity index (χ1) is 8.83. The number of hydrogen-bond acceptors (Lipinski definition) is 6. The third kappa shape index (κ3) is 3.36. The van der Waals surface area contributed by atoms with E-state index in [0.717, 1.165) is 43.9 Å². The molecule has 1 saturated heterocycles. The number of anilines is 1. The zero-order chi connectivity index (χ0) is 12.8. The molecular weight excluding hydrogens is 230 g/mol. The van der Waals surface area contributed by atoms with Crippen molar-refractivity contribution < 1.29 is 4.74 Å². The van der Waals surface area contributed by atoms with Crippen molar-refractivity contribution in [2.75, 3.05) is 31.6 Å². The van der Waals surface area contributed by atoms with Gasteiger partial charge in [0.1, 0.15) is 0 Å². The Hall–Kier alpha value is -1.27. The van der Waals surface area contributed by atoms with Crippen LogP contribution < -0.4 is 10.6 Å². The summed E-state index contributed by atoms with van der Waals surface area (Å²) in [4.78, 5) is 4.49. The van der Waals surface area contributed by atoms with Gasteiger partial charge < -0.3 is 15.4 Å². The number of rotatable bonds is 5. The second kappa shape index (κ2) is 6.61. The maximum Gasteiger partial charge on any atom is 0.243 e. The molecular formula is C12H21N5O. The molecule has 1 atom stereocenters. The molecule has 2 heterocycles. The van der Waals surface area contributed by atoms with Crippen molar-refractivity contribution in [1.29, 1.82) is 0 Å². The summed E-state index contributed by atoms with van der Waals surface area (Å²) < 4.78 is 5.60. The molecule has 18 heavy (non-hydrogen) atoms. The number of aromatic nitrogens is 3. The Labute approximate surface area is 108 Å². The Balaban J connectivity index is 1.92. The zero-order valence-electron chi connectivity index (χ0n) is 11.1. The normalized spacial score (nSPS) is 19.8. The van der Waals surface area contributed by atoms with Crippen LogP contribution in [0.25, 0.3) is 0 Å². The third-order valence-electron chi connectivity index (χ3n) is 3.00. The summed E-state index contributed by atoms with van der Waals surface area (Å²) in [6.45, 7) is 7.43. The maximum atomic E-state index is 5.60. The Morgan fingerprint density at radius 2 is 2.11 bits per heavy atom. The quantitative estimate of drug-likeness (QED) is 0.789. The zero-order valence-corrected chi connectivity index (χ0v) is 11.1.